The van der Waals surface area contributed by atoms with Crippen LogP contribution >= 0.6 is 11.3 Å². The van der Waals surface area contributed by atoms with Crippen LogP contribution in [-0.4, -0.2) is 15.0 Å². The number of rotatable bonds is 6. The molecule has 0 fully saturated rings. The molecule has 0 unspecified atom stereocenters. The molecule has 11 rings (SSSR count). The molecule has 3 heterocycles. The Labute approximate surface area is 327 Å². The van der Waals surface area contributed by atoms with E-state index in [2.05, 4.69) is 127 Å². The molecule has 0 aliphatic heterocycles. The summed E-state index contributed by atoms with van der Waals surface area (Å²) in [6.07, 6.45) is 0. The standard InChI is InChI=1S/C51H31N3OS/c1-4-14-32(15-5-1)40-24-12-25-41-43-31-36(28-29-45(43)56-48(40)41)39-23-11-26-42-46-38(22-13-27-44(46)55-47(39)42)35-20-10-21-37(30-35)51-53-49(33-16-6-2-7-17-33)52-50(54-51)34-18-8-3-9-19-34/h1-31H. The first kappa shape index (κ1) is 32.2. The summed E-state index contributed by atoms with van der Waals surface area (Å²) in [6, 6.07) is 65.6. The maximum absolute atomic E-state index is 6.77. The van der Waals surface area contributed by atoms with Crippen molar-refractivity contribution in [3.05, 3.63) is 188 Å². The fourth-order valence-corrected chi connectivity index (χ4v) is 9.11. The molecule has 11 aromatic rings. The van der Waals surface area contributed by atoms with E-state index < -0.39 is 0 Å². The first-order valence-corrected chi connectivity index (χ1v) is 19.5. The lowest BCUT2D eigenvalue weighted by Crippen LogP contribution is -2.00. The molecule has 0 bridgehead atoms. The molecular weight excluding hydrogens is 703 g/mol. The minimum atomic E-state index is 0.623. The van der Waals surface area contributed by atoms with E-state index in [0.29, 0.717) is 17.5 Å². The summed E-state index contributed by atoms with van der Waals surface area (Å²) in [5.74, 6) is 1.90. The average molecular weight is 734 g/mol. The van der Waals surface area contributed by atoms with Crippen molar-refractivity contribution in [1.82, 2.24) is 15.0 Å². The molecule has 0 saturated heterocycles. The molecule has 3 aromatic heterocycles. The first-order chi connectivity index (χ1) is 27.7. The van der Waals surface area contributed by atoms with Gasteiger partial charge in [-0.1, -0.05) is 164 Å². The Morgan fingerprint density at radius 3 is 1.61 bits per heavy atom. The predicted molar refractivity (Wildman–Crippen MR) is 233 cm³/mol. The Kier molecular flexibility index (Phi) is 7.64. The van der Waals surface area contributed by atoms with Gasteiger partial charge in [-0.15, -0.1) is 11.3 Å². The average Bonchev–Trinajstić information content (AvgIpc) is 3.86. The van der Waals surface area contributed by atoms with Gasteiger partial charge in [0.1, 0.15) is 11.2 Å². The van der Waals surface area contributed by atoms with Crippen molar-refractivity contribution in [2.75, 3.05) is 0 Å². The third-order valence-electron chi connectivity index (χ3n) is 10.5. The number of fused-ring (bicyclic) bond motifs is 6. The van der Waals surface area contributed by atoms with Crippen molar-refractivity contribution < 1.29 is 4.42 Å². The molecule has 8 aromatic carbocycles. The summed E-state index contributed by atoms with van der Waals surface area (Å²) in [4.78, 5) is 14.9. The molecule has 0 atom stereocenters. The Balaban J connectivity index is 1.03. The number of para-hydroxylation sites is 1. The third kappa shape index (κ3) is 5.48. The Morgan fingerprint density at radius 2 is 0.893 bits per heavy atom. The lowest BCUT2D eigenvalue weighted by atomic mass is 9.96. The van der Waals surface area contributed by atoms with Gasteiger partial charge in [-0.2, -0.15) is 0 Å². The van der Waals surface area contributed by atoms with Gasteiger partial charge in [0.2, 0.25) is 0 Å². The number of furan rings is 1. The van der Waals surface area contributed by atoms with Gasteiger partial charge in [-0.25, -0.2) is 15.0 Å². The van der Waals surface area contributed by atoms with Gasteiger partial charge in [-0.3, -0.25) is 0 Å². The predicted octanol–water partition coefficient (Wildman–Crippen LogP) is 14.1. The molecule has 4 nitrogen and oxygen atoms in total. The number of benzene rings is 8. The van der Waals surface area contributed by atoms with Crippen LogP contribution in [0.2, 0.25) is 0 Å². The Hall–Kier alpha value is -7.21. The summed E-state index contributed by atoms with van der Waals surface area (Å²) in [5.41, 5.74) is 11.4. The van der Waals surface area contributed by atoms with E-state index in [0.717, 1.165) is 60.9 Å². The molecule has 5 heteroatoms. The summed E-state index contributed by atoms with van der Waals surface area (Å²) in [7, 11) is 0. The van der Waals surface area contributed by atoms with E-state index in [1.807, 2.05) is 72.0 Å². The normalized spacial score (nSPS) is 11.6. The number of aromatic nitrogens is 3. The van der Waals surface area contributed by atoms with Crippen molar-refractivity contribution in [2.45, 2.75) is 0 Å². The molecule has 0 N–H and O–H groups in total. The highest BCUT2D eigenvalue weighted by Gasteiger charge is 2.19. The highest BCUT2D eigenvalue weighted by Crippen LogP contribution is 2.44. The van der Waals surface area contributed by atoms with Crippen LogP contribution < -0.4 is 0 Å². The van der Waals surface area contributed by atoms with Crippen molar-refractivity contribution in [3.8, 4) is 67.5 Å². The molecule has 0 radical (unpaired) electrons. The van der Waals surface area contributed by atoms with E-state index in [1.54, 1.807) is 0 Å². The van der Waals surface area contributed by atoms with Crippen molar-refractivity contribution in [1.29, 1.82) is 0 Å². The number of hydrogen-bond donors (Lipinski definition) is 0. The van der Waals surface area contributed by atoms with Gasteiger partial charge >= 0.3 is 0 Å². The topological polar surface area (TPSA) is 51.8 Å². The maximum Gasteiger partial charge on any atom is 0.164 e. The second-order valence-electron chi connectivity index (χ2n) is 13.9. The van der Waals surface area contributed by atoms with Gasteiger partial charge in [0.25, 0.3) is 0 Å². The van der Waals surface area contributed by atoms with Crippen molar-refractivity contribution >= 4 is 53.4 Å². The van der Waals surface area contributed by atoms with Crippen molar-refractivity contribution in [3.63, 3.8) is 0 Å². The van der Waals surface area contributed by atoms with E-state index >= 15 is 0 Å². The summed E-state index contributed by atoms with van der Waals surface area (Å²) in [5, 5.41) is 4.70. The number of nitrogens with zero attached hydrogens (tertiary/aromatic N) is 3. The van der Waals surface area contributed by atoms with Crippen molar-refractivity contribution in [2.24, 2.45) is 0 Å². The summed E-state index contributed by atoms with van der Waals surface area (Å²) < 4.78 is 9.36. The molecule has 0 saturated carbocycles. The Bertz CT molecular complexity index is 3180. The maximum atomic E-state index is 6.77. The largest absolute Gasteiger partial charge is 0.455 e. The minimum absolute atomic E-state index is 0.623. The summed E-state index contributed by atoms with van der Waals surface area (Å²) in [6.45, 7) is 0. The zero-order valence-electron chi connectivity index (χ0n) is 30.1. The van der Waals surface area contributed by atoms with E-state index in [9.17, 15) is 0 Å². The minimum Gasteiger partial charge on any atom is -0.455 e. The Morgan fingerprint density at radius 1 is 0.357 bits per heavy atom. The van der Waals surface area contributed by atoms with Crippen LogP contribution in [0.5, 0.6) is 0 Å². The fraction of sp³-hybridized carbons (Fsp3) is 0. The third-order valence-corrected chi connectivity index (χ3v) is 11.8. The van der Waals surface area contributed by atoms with Crippen LogP contribution in [0.1, 0.15) is 0 Å². The van der Waals surface area contributed by atoms with Crippen LogP contribution in [0, 0.1) is 0 Å². The van der Waals surface area contributed by atoms with Crippen LogP contribution in [0.4, 0.5) is 0 Å². The van der Waals surface area contributed by atoms with Gasteiger partial charge in [-0.05, 0) is 52.1 Å². The first-order valence-electron chi connectivity index (χ1n) is 18.7. The zero-order chi connectivity index (χ0) is 37.0. The molecule has 0 amide bonds. The number of thiophene rings is 1. The lowest BCUT2D eigenvalue weighted by molar-refractivity contribution is 0.670. The molecular formula is C51H31N3OS. The second-order valence-corrected chi connectivity index (χ2v) is 15.0. The second kappa shape index (κ2) is 13.3. The molecule has 262 valence electrons. The SMILES string of the molecule is c1ccc(-c2nc(-c3ccccc3)nc(-c3cccc(-c4cccc5oc6c(-c7ccc8sc9c(-c%10ccccc%10)cccc9c8c7)cccc6c45)c3)n2)cc1. The lowest BCUT2D eigenvalue weighted by Gasteiger charge is -2.10. The zero-order valence-corrected chi connectivity index (χ0v) is 30.9. The monoisotopic (exact) mass is 733 g/mol. The number of hydrogen-bond acceptors (Lipinski definition) is 5. The summed E-state index contributed by atoms with van der Waals surface area (Å²) >= 11 is 1.86. The molecule has 0 aliphatic carbocycles. The van der Waals surface area contributed by atoms with Crippen LogP contribution in [0.3, 0.4) is 0 Å². The molecule has 56 heavy (non-hydrogen) atoms. The van der Waals surface area contributed by atoms with Gasteiger partial charge in [0.15, 0.2) is 17.5 Å². The molecule has 0 aliphatic rings. The van der Waals surface area contributed by atoms with Gasteiger partial charge in [0, 0.05) is 53.2 Å². The van der Waals surface area contributed by atoms with Gasteiger partial charge < -0.3 is 4.42 Å². The van der Waals surface area contributed by atoms with E-state index in [-0.39, 0.29) is 0 Å². The quantitative estimate of drug-likeness (QED) is 0.171. The smallest absolute Gasteiger partial charge is 0.164 e. The highest BCUT2D eigenvalue weighted by atomic mass is 32.1. The van der Waals surface area contributed by atoms with Gasteiger partial charge in [0.05, 0.1) is 0 Å². The molecule has 0 spiro atoms. The van der Waals surface area contributed by atoms with Crippen LogP contribution in [0.25, 0.3) is 110 Å². The fourth-order valence-electron chi connectivity index (χ4n) is 7.89. The highest BCUT2D eigenvalue weighted by molar-refractivity contribution is 7.26. The van der Waals surface area contributed by atoms with Crippen LogP contribution in [0.15, 0.2) is 192 Å². The van der Waals surface area contributed by atoms with E-state index in [1.165, 1.54) is 31.3 Å². The van der Waals surface area contributed by atoms with Crippen LogP contribution in [-0.2, 0) is 0 Å². The van der Waals surface area contributed by atoms with E-state index in [4.69, 9.17) is 19.4 Å².